The summed E-state index contributed by atoms with van der Waals surface area (Å²) in [6.07, 6.45) is 2.95. The number of nitriles is 1. The highest BCUT2D eigenvalue weighted by Gasteiger charge is 2.35. The summed E-state index contributed by atoms with van der Waals surface area (Å²) in [4.78, 5) is 33.7. The summed E-state index contributed by atoms with van der Waals surface area (Å²) in [6, 6.07) is 8.40. The molecule has 2 saturated heterocycles. The largest absolute Gasteiger partial charge is 0.328 e. The average molecular weight is 633 g/mol. The maximum absolute atomic E-state index is 16.7. The van der Waals surface area contributed by atoms with E-state index in [2.05, 4.69) is 28.2 Å². The van der Waals surface area contributed by atoms with Crippen molar-refractivity contribution in [2.75, 3.05) is 18.0 Å². The van der Waals surface area contributed by atoms with E-state index < -0.39 is 5.82 Å². The van der Waals surface area contributed by atoms with Gasteiger partial charge in [-0.2, -0.15) is 5.26 Å². The monoisotopic (exact) mass is 631 g/mol. The van der Waals surface area contributed by atoms with E-state index >= 15 is 4.39 Å². The molecule has 0 unspecified atom stereocenters. The molecule has 2 fully saturated rings. The van der Waals surface area contributed by atoms with Crippen LogP contribution < -0.4 is 4.90 Å². The molecule has 0 spiro atoms. The minimum Gasteiger partial charge on any atom is -0.328 e. The van der Waals surface area contributed by atoms with Gasteiger partial charge in [0, 0.05) is 41.5 Å². The highest BCUT2D eigenvalue weighted by atomic mass is 35.5. The Bertz CT molecular complexity index is 1940. The van der Waals surface area contributed by atoms with E-state index in [1.165, 1.54) is 0 Å². The van der Waals surface area contributed by atoms with Gasteiger partial charge in [0.25, 0.3) is 5.91 Å². The second kappa shape index (κ2) is 12.0. The molecule has 44 heavy (non-hydrogen) atoms. The molecule has 0 radical (unpaired) electrons. The first kappa shape index (κ1) is 29.8. The first-order chi connectivity index (χ1) is 21.2. The van der Waals surface area contributed by atoms with Crippen molar-refractivity contribution in [3.05, 3.63) is 45.7 Å². The summed E-state index contributed by atoms with van der Waals surface area (Å²) in [5, 5.41) is 19.6. The highest BCUT2D eigenvalue weighted by molar-refractivity contribution is 6.35. The number of amides is 2. The third-order valence-corrected chi connectivity index (χ3v) is 9.25. The van der Waals surface area contributed by atoms with Crippen molar-refractivity contribution in [3.8, 4) is 29.0 Å². The molecule has 2 aliphatic heterocycles. The van der Waals surface area contributed by atoms with E-state index in [-0.39, 0.29) is 52.2 Å². The van der Waals surface area contributed by atoms with Crippen molar-refractivity contribution >= 4 is 62.8 Å². The van der Waals surface area contributed by atoms with Gasteiger partial charge in [-0.15, -0.1) is 5.10 Å². The van der Waals surface area contributed by atoms with Gasteiger partial charge in [0.1, 0.15) is 11.0 Å². The van der Waals surface area contributed by atoms with E-state index in [0.717, 1.165) is 12.8 Å². The van der Waals surface area contributed by atoms with Gasteiger partial charge in [0.15, 0.2) is 17.2 Å². The fourth-order valence-corrected chi connectivity index (χ4v) is 6.82. The molecule has 2 aromatic carbocycles. The lowest BCUT2D eigenvalue weighted by Gasteiger charge is -2.37. The number of nitrogens with zero attached hydrogens (tertiary/aromatic N) is 7. The number of pyridine rings is 1. The van der Waals surface area contributed by atoms with Crippen molar-refractivity contribution in [2.45, 2.75) is 64.5 Å². The van der Waals surface area contributed by atoms with Crippen LogP contribution in [0.15, 0.2) is 24.3 Å². The Morgan fingerprint density at radius 2 is 2.00 bits per heavy atom. The van der Waals surface area contributed by atoms with Crippen LogP contribution in [0.1, 0.15) is 57.1 Å². The molecule has 2 aliphatic rings. The molecular weight excluding hydrogens is 604 g/mol. The smallest absolute Gasteiger partial charge is 0.298 e. The SMILES string of the molecule is CC#CC(=O)N1CC[C@H](n2nnc3c(N4CCCCC4=O)nc4c(F)c(-c5cccc(Cl)c5C)c(Cl)cc4c32)C[C@H]1CC#N. The molecule has 2 atom stereocenters. The van der Waals surface area contributed by atoms with E-state index in [9.17, 15) is 14.9 Å². The Morgan fingerprint density at radius 1 is 1.18 bits per heavy atom. The minimum absolute atomic E-state index is 0.0348. The van der Waals surface area contributed by atoms with Crippen molar-refractivity contribution in [1.82, 2.24) is 24.9 Å². The van der Waals surface area contributed by atoms with E-state index in [1.807, 2.05) is 0 Å². The fourth-order valence-electron chi connectivity index (χ4n) is 6.35. The Hall–Kier alpha value is -4.25. The summed E-state index contributed by atoms with van der Waals surface area (Å²) in [5.74, 6) is 4.38. The standard InChI is InChI=1S/C32H28Cl2FN7O2/c1-3-7-25(43)40-15-12-20(16-19(40)11-13-36)42-31-22-17-24(34)27(21-8-6-9-23(33)18(21)2)28(35)29(22)37-32(30(31)38-39-42)41-14-5-4-10-26(41)44/h6,8-9,17,19-20H,4-5,10-12,14-16H2,1-2H3/t19-,20+/m1/s1. The summed E-state index contributed by atoms with van der Waals surface area (Å²) in [7, 11) is 0. The minimum atomic E-state index is -0.640. The second-order valence-corrected chi connectivity index (χ2v) is 11.9. The fraction of sp³-hybridized carbons (Fsp3) is 0.375. The molecule has 0 aliphatic carbocycles. The lowest BCUT2D eigenvalue weighted by atomic mass is 9.94. The van der Waals surface area contributed by atoms with Crippen LogP contribution in [-0.2, 0) is 9.59 Å². The maximum atomic E-state index is 16.7. The Balaban J connectivity index is 1.57. The topological polar surface area (TPSA) is 108 Å². The first-order valence-corrected chi connectivity index (χ1v) is 15.2. The van der Waals surface area contributed by atoms with Crippen LogP contribution >= 0.6 is 23.2 Å². The summed E-state index contributed by atoms with van der Waals surface area (Å²) < 4.78 is 18.4. The van der Waals surface area contributed by atoms with Crippen molar-refractivity contribution < 1.29 is 14.0 Å². The molecule has 224 valence electrons. The molecule has 2 amide bonds. The molecular formula is C32H28Cl2FN7O2. The van der Waals surface area contributed by atoms with Gasteiger partial charge in [-0.3, -0.25) is 14.5 Å². The number of halogens is 3. The molecule has 4 aromatic rings. The van der Waals surface area contributed by atoms with Gasteiger partial charge >= 0.3 is 0 Å². The number of hydrogen-bond donors (Lipinski definition) is 0. The number of anilines is 1. The van der Waals surface area contributed by atoms with Crippen molar-refractivity contribution in [1.29, 1.82) is 5.26 Å². The lowest BCUT2D eigenvalue weighted by molar-refractivity contribution is -0.129. The van der Waals surface area contributed by atoms with E-state index in [0.29, 0.717) is 64.9 Å². The number of carbonyl (C=O) groups is 2. The predicted octanol–water partition coefficient (Wildman–Crippen LogP) is 6.39. The number of carbonyl (C=O) groups excluding carboxylic acids is 2. The summed E-state index contributed by atoms with van der Waals surface area (Å²) in [5.41, 5.74) is 2.27. The Labute approximate surface area is 263 Å². The lowest BCUT2D eigenvalue weighted by Crippen LogP contribution is -2.46. The molecule has 0 saturated carbocycles. The molecule has 0 N–H and O–H groups in total. The third kappa shape index (κ3) is 5.02. The summed E-state index contributed by atoms with van der Waals surface area (Å²) >= 11 is 13.2. The number of piperidine rings is 2. The van der Waals surface area contributed by atoms with E-state index in [1.54, 1.807) is 52.6 Å². The zero-order chi connectivity index (χ0) is 31.1. The number of fused-ring (bicyclic) bond motifs is 3. The first-order valence-electron chi connectivity index (χ1n) is 14.5. The predicted molar refractivity (Wildman–Crippen MR) is 167 cm³/mol. The van der Waals surface area contributed by atoms with Crippen molar-refractivity contribution in [3.63, 3.8) is 0 Å². The van der Waals surface area contributed by atoms with Crippen LogP contribution in [-0.4, -0.2) is 55.8 Å². The highest BCUT2D eigenvalue weighted by Crippen LogP contribution is 2.43. The van der Waals surface area contributed by atoms with Gasteiger partial charge in [-0.1, -0.05) is 46.5 Å². The van der Waals surface area contributed by atoms with Crippen LogP contribution in [0.3, 0.4) is 0 Å². The number of benzene rings is 2. The van der Waals surface area contributed by atoms with Gasteiger partial charge < -0.3 is 4.90 Å². The van der Waals surface area contributed by atoms with E-state index in [4.69, 9.17) is 28.2 Å². The molecule has 6 rings (SSSR count). The molecule has 0 bridgehead atoms. The zero-order valence-corrected chi connectivity index (χ0v) is 25.7. The van der Waals surface area contributed by atoms with Gasteiger partial charge in [-0.25, -0.2) is 14.1 Å². The Morgan fingerprint density at radius 3 is 2.75 bits per heavy atom. The van der Waals surface area contributed by atoms with Gasteiger partial charge in [-0.05, 0) is 68.7 Å². The normalized spacial score (nSPS) is 18.8. The summed E-state index contributed by atoms with van der Waals surface area (Å²) in [6.45, 7) is 4.18. The van der Waals surface area contributed by atoms with Crippen LogP contribution in [0.2, 0.25) is 10.0 Å². The molecule has 9 nitrogen and oxygen atoms in total. The van der Waals surface area contributed by atoms with Crippen molar-refractivity contribution in [2.24, 2.45) is 0 Å². The zero-order valence-electron chi connectivity index (χ0n) is 24.2. The third-order valence-electron chi connectivity index (χ3n) is 8.54. The number of hydrogen-bond acceptors (Lipinski definition) is 6. The number of rotatable bonds is 4. The average Bonchev–Trinajstić information content (AvgIpc) is 3.45. The van der Waals surface area contributed by atoms with Gasteiger partial charge in [0.05, 0.1) is 23.6 Å². The molecule has 4 heterocycles. The van der Waals surface area contributed by atoms with Crippen LogP contribution in [0, 0.1) is 35.9 Å². The van der Waals surface area contributed by atoms with Crippen LogP contribution in [0.4, 0.5) is 10.2 Å². The number of aromatic nitrogens is 4. The second-order valence-electron chi connectivity index (χ2n) is 11.1. The quantitative estimate of drug-likeness (QED) is 0.242. The molecule has 12 heteroatoms. The molecule has 2 aromatic heterocycles. The number of likely N-dealkylation sites (tertiary alicyclic amines) is 1. The maximum Gasteiger partial charge on any atom is 0.298 e. The van der Waals surface area contributed by atoms with Gasteiger partial charge in [0.2, 0.25) is 5.91 Å². The Kier molecular flexibility index (Phi) is 8.15. The van der Waals surface area contributed by atoms with Crippen LogP contribution in [0.25, 0.3) is 33.1 Å². The van der Waals surface area contributed by atoms with Crippen LogP contribution in [0.5, 0.6) is 0 Å².